The zero-order valence-electron chi connectivity index (χ0n) is 9.36. The maximum Gasteiger partial charge on any atom is -0.0217 e. The third kappa shape index (κ3) is 2.84. The molecule has 0 heteroatoms. The molecule has 0 aromatic heterocycles. The summed E-state index contributed by atoms with van der Waals surface area (Å²) in [5.41, 5.74) is 4.50. The minimum Gasteiger partial charge on any atom is -0.0844 e. The van der Waals surface area contributed by atoms with Gasteiger partial charge in [0.25, 0.3) is 0 Å². The Hall–Kier alpha value is -0.520. The molecule has 0 atom stereocenters. The van der Waals surface area contributed by atoms with E-state index < -0.39 is 0 Å². The first-order valence-corrected chi connectivity index (χ1v) is 4.87. The molecule has 0 saturated carbocycles. The van der Waals surface area contributed by atoms with Crippen LogP contribution in [0.3, 0.4) is 0 Å². The van der Waals surface area contributed by atoms with Gasteiger partial charge in [-0.1, -0.05) is 38.0 Å². The Bertz CT molecular complexity index is 192. The van der Waals surface area contributed by atoms with Crippen LogP contribution in [0.15, 0.2) is 22.8 Å². The molecule has 0 spiro atoms. The molecule has 0 rings (SSSR count). The number of rotatable bonds is 3. The minimum atomic E-state index is 0.654. The number of allylic oxidation sites excluding steroid dienone is 4. The van der Waals surface area contributed by atoms with Crippen LogP contribution >= 0.6 is 0 Å². The van der Waals surface area contributed by atoms with Crippen LogP contribution in [0.4, 0.5) is 0 Å². The maximum absolute atomic E-state index is 2.27. The van der Waals surface area contributed by atoms with E-state index in [1.54, 1.807) is 5.57 Å². The summed E-state index contributed by atoms with van der Waals surface area (Å²) in [6.45, 7) is 13.3. The summed E-state index contributed by atoms with van der Waals surface area (Å²) < 4.78 is 0. The Kier molecular flexibility index (Phi) is 4.96. The van der Waals surface area contributed by atoms with E-state index in [-0.39, 0.29) is 0 Å². The number of hydrogen-bond acceptors (Lipinski definition) is 0. The molecular weight excluding hydrogens is 144 g/mol. The molecule has 70 valence electrons. The average molecular weight is 166 g/mol. The second kappa shape index (κ2) is 5.18. The Morgan fingerprint density at radius 1 is 1.25 bits per heavy atom. The van der Waals surface area contributed by atoms with Crippen LogP contribution in [0.5, 0.6) is 0 Å². The van der Waals surface area contributed by atoms with Gasteiger partial charge in [0, 0.05) is 0 Å². The zero-order valence-corrected chi connectivity index (χ0v) is 9.36. The summed E-state index contributed by atoms with van der Waals surface area (Å²) >= 11 is 0. The molecule has 0 amide bonds. The van der Waals surface area contributed by atoms with E-state index in [9.17, 15) is 0 Å². The molecule has 0 radical (unpaired) electrons. The Labute approximate surface area is 77.4 Å². The van der Waals surface area contributed by atoms with Gasteiger partial charge in [0.1, 0.15) is 0 Å². The van der Waals surface area contributed by atoms with Gasteiger partial charge in [0.05, 0.1) is 0 Å². The van der Waals surface area contributed by atoms with Crippen LogP contribution < -0.4 is 0 Å². The third-order valence-electron chi connectivity index (χ3n) is 2.43. The third-order valence-corrected chi connectivity index (χ3v) is 2.43. The first-order chi connectivity index (χ1) is 5.54. The normalized spacial score (nSPS) is 15.1. The van der Waals surface area contributed by atoms with Gasteiger partial charge < -0.3 is 0 Å². The fourth-order valence-electron chi connectivity index (χ4n) is 1.63. The molecule has 0 aromatic carbocycles. The molecule has 0 N–H and O–H groups in total. The highest BCUT2D eigenvalue weighted by molar-refractivity contribution is 5.34. The van der Waals surface area contributed by atoms with Gasteiger partial charge in [-0.15, -0.1) is 0 Å². The van der Waals surface area contributed by atoms with Crippen molar-refractivity contribution in [3.05, 3.63) is 22.8 Å². The second-order valence-corrected chi connectivity index (χ2v) is 3.67. The molecule has 0 unspecified atom stereocenters. The quantitative estimate of drug-likeness (QED) is 0.547. The van der Waals surface area contributed by atoms with Crippen LogP contribution in [0.25, 0.3) is 0 Å². The predicted octanol–water partition coefficient (Wildman–Crippen LogP) is 4.34. The Balaban J connectivity index is 4.92. The standard InChI is InChI=1S/C12H22/c1-7-10(5)12(9(3)4)11(6)8-2/h7,9H,8H2,1-6H3. The van der Waals surface area contributed by atoms with E-state index >= 15 is 0 Å². The van der Waals surface area contributed by atoms with Crippen molar-refractivity contribution in [2.24, 2.45) is 5.92 Å². The smallest absolute Gasteiger partial charge is 0.0217 e. The van der Waals surface area contributed by atoms with Crippen molar-refractivity contribution in [2.45, 2.75) is 48.0 Å². The van der Waals surface area contributed by atoms with Crippen molar-refractivity contribution >= 4 is 0 Å². The van der Waals surface area contributed by atoms with Crippen molar-refractivity contribution in [3.8, 4) is 0 Å². The van der Waals surface area contributed by atoms with Gasteiger partial charge in [0.15, 0.2) is 0 Å². The molecule has 0 nitrogen and oxygen atoms in total. The van der Waals surface area contributed by atoms with Gasteiger partial charge in [-0.3, -0.25) is 0 Å². The highest BCUT2D eigenvalue weighted by atomic mass is 14.1. The lowest BCUT2D eigenvalue weighted by Gasteiger charge is -2.15. The summed E-state index contributed by atoms with van der Waals surface area (Å²) in [4.78, 5) is 0. The molecule has 0 aliphatic carbocycles. The lowest BCUT2D eigenvalue weighted by molar-refractivity contribution is 0.756. The highest BCUT2D eigenvalue weighted by Crippen LogP contribution is 2.24. The van der Waals surface area contributed by atoms with Crippen LogP contribution in [0.1, 0.15) is 48.0 Å². The van der Waals surface area contributed by atoms with Crippen LogP contribution in [0.2, 0.25) is 0 Å². The predicted molar refractivity (Wildman–Crippen MR) is 57.3 cm³/mol. The van der Waals surface area contributed by atoms with Gasteiger partial charge >= 0.3 is 0 Å². The van der Waals surface area contributed by atoms with Crippen LogP contribution in [-0.2, 0) is 0 Å². The second-order valence-electron chi connectivity index (χ2n) is 3.67. The summed E-state index contributed by atoms with van der Waals surface area (Å²) in [7, 11) is 0. The molecule has 0 bridgehead atoms. The summed E-state index contributed by atoms with van der Waals surface area (Å²) in [6.07, 6.45) is 3.37. The molecule has 0 aliphatic heterocycles. The zero-order chi connectivity index (χ0) is 9.72. The van der Waals surface area contributed by atoms with Crippen molar-refractivity contribution in [1.29, 1.82) is 0 Å². The van der Waals surface area contributed by atoms with Crippen molar-refractivity contribution < 1.29 is 0 Å². The Morgan fingerprint density at radius 2 is 1.75 bits per heavy atom. The van der Waals surface area contributed by atoms with E-state index in [1.807, 2.05) is 0 Å². The van der Waals surface area contributed by atoms with Crippen molar-refractivity contribution in [3.63, 3.8) is 0 Å². The molecule has 0 heterocycles. The van der Waals surface area contributed by atoms with Crippen molar-refractivity contribution in [2.75, 3.05) is 0 Å². The van der Waals surface area contributed by atoms with Crippen LogP contribution in [0, 0.1) is 5.92 Å². The van der Waals surface area contributed by atoms with Crippen molar-refractivity contribution in [1.82, 2.24) is 0 Å². The average Bonchev–Trinajstić information content (AvgIpc) is 2.03. The van der Waals surface area contributed by atoms with E-state index in [0.29, 0.717) is 5.92 Å². The minimum absolute atomic E-state index is 0.654. The molecule has 0 aliphatic rings. The SMILES string of the molecule is CC=C(C)C(=C(C)CC)C(C)C. The fourth-order valence-corrected chi connectivity index (χ4v) is 1.63. The lowest BCUT2D eigenvalue weighted by atomic mass is 9.91. The van der Waals surface area contributed by atoms with E-state index in [1.165, 1.54) is 17.6 Å². The monoisotopic (exact) mass is 166 g/mol. The molecule has 12 heavy (non-hydrogen) atoms. The van der Waals surface area contributed by atoms with Gasteiger partial charge in [-0.05, 0) is 38.7 Å². The maximum atomic E-state index is 2.27. The first-order valence-electron chi connectivity index (χ1n) is 4.87. The Morgan fingerprint density at radius 3 is 2.00 bits per heavy atom. The van der Waals surface area contributed by atoms with E-state index in [0.717, 1.165) is 0 Å². The summed E-state index contributed by atoms with van der Waals surface area (Å²) in [5, 5.41) is 0. The first kappa shape index (κ1) is 11.5. The molecule has 0 aromatic rings. The summed E-state index contributed by atoms with van der Waals surface area (Å²) in [6, 6.07) is 0. The van der Waals surface area contributed by atoms with Gasteiger partial charge in [-0.25, -0.2) is 0 Å². The van der Waals surface area contributed by atoms with Gasteiger partial charge in [0.2, 0.25) is 0 Å². The van der Waals surface area contributed by atoms with Gasteiger partial charge in [-0.2, -0.15) is 0 Å². The lowest BCUT2D eigenvalue weighted by Crippen LogP contribution is -1.99. The molecular formula is C12H22. The molecule has 0 fully saturated rings. The molecule has 0 saturated heterocycles. The fraction of sp³-hybridized carbons (Fsp3) is 0.667. The highest BCUT2D eigenvalue weighted by Gasteiger charge is 2.07. The largest absolute Gasteiger partial charge is 0.0844 e. The van der Waals surface area contributed by atoms with E-state index in [2.05, 4.69) is 47.6 Å². The van der Waals surface area contributed by atoms with Crippen LogP contribution in [-0.4, -0.2) is 0 Å². The van der Waals surface area contributed by atoms with E-state index in [4.69, 9.17) is 0 Å². The topological polar surface area (TPSA) is 0 Å². The summed E-state index contributed by atoms with van der Waals surface area (Å²) in [5.74, 6) is 0.654. The number of hydrogen-bond donors (Lipinski definition) is 0.